The van der Waals surface area contributed by atoms with Gasteiger partial charge in [-0.2, -0.15) is 0 Å². The fourth-order valence-electron chi connectivity index (χ4n) is 3.63. The highest BCUT2D eigenvalue weighted by atomic mass is 16.3. The van der Waals surface area contributed by atoms with Gasteiger partial charge in [-0.25, -0.2) is 0 Å². The quantitative estimate of drug-likeness (QED) is 0.478. The van der Waals surface area contributed by atoms with Gasteiger partial charge in [-0.3, -0.25) is 0 Å². The highest BCUT2D eigenvalue weighted by molar-refractivity contribution is 5.51. The van der Waals surface area contributed by atoms with E-state index in [0.717, 1.165) is 24.8 Å². The van der Waals surface area contributed by atoms with Crippen LogP contribution in [0.25, 0.3) is 0 Å². The van der Waals surface area contributed by atoms with Gasteiger partial charge in [0.15, 0.2) is 0 Å². The van der Waals surface area contributed by atoms with Crippen molar-refractivity contribution in [3.8, 4) is 5.75 Å². The van der Waals surface area contributed by atoms with Crippen LogP contribution in [0.2, 0.25) is 0 Å². The van der Waals surface area contributed by atoms with Crippen LogP contribution in [0.5, 0.6) is 5.75 Å². The topological polar surface area (TPSA) is 40.5 Å². The number of unbranched alkanes of at least 4 members (excludes halogenated alkanes) is 1. The maximum atomic E-state index is 9.74. The standard InChI is InChI=1S/C23H24O2/c24-18-8-7-17-23(19-9-3-1-4-10-19,20-11-5-2-6-12-20)21-13-15-22(25)16-14-21/h1-6,9-16,24-25H,7-8,17-18H2. The third-order valence-electron chi connectivity index (χ3n) is 4.85. The van der Waals surface area contributed by atoms with Crippen LogP contribution in [-0.2, 0) is 5.41 Å². The first kappa shape index (κ1) is 17.2. The van der Waals surface area contributed by atoms with Crippen LogP contribution in [0.15, 0.2) is 84.9 Å². The number of benzene rings is 3. The minimum atomic E-state index is -0.300. The molecule has 0 aliphatic heterocycles. The van der Waals surface area contributed by atoms with Gasteiger partial charge in [0.05, 0.1) is 0 Å². The summed E-state index contributed by atoms with van der Waals surface area (Å²) in [6.45, 7) is 0.204. The molecule has 3 rings (SSSR count). The molecule has 3 aromatic carbocycles. The highest BCUT2D eigenvalue weighted by Crippen LogP contribution is 2.43. The number of aromatic hydroxyl groups is 1. The summed E-state index contributed by atoms with van der Waals surface area (Å²) in [5.41, 5.74) is 3.31. The van der Waals surface area contributed by atoms with Crippen molar-refractivity contribution in [3.05, 3.63) is 102 Å². The molecular formula is C23H24O2. The Balaban J connectivity index is 2.21. The van der Waals surface area contributed by atoms with Crippen molar-refractivity contribution in [2.24, 2.45) is 0 Å². The number of aliphatic hydroxyl groups is 1. The zero-order valence-corrected chi connectivity index (χ0v) is 14.3. The first-order valence-electron chi connectivity index (χ1n) is 8.79. The second-order valence-corrected chi connectivity index (χ2v) is 6.36. The number of aliphatic hydroxyl groups excluding tert-OH is 1. The Morgan fingerprint density at radius 3 is 1.56 bits per heavy atom. The summed E-state index contributed by atoms with van der Waals surface area (Å²) in [5.74, 6) is 0.272. The Bertz CT molecular complexity index is 725. The molecule has 0 unspecified atom stereocenters. The van der Waals surface area contributed by atoms with Crippen molar-refractivity contribution in [1.29, 1.82) is 0 Å². The summed E-state index contributed by atoms with van der Waals surface area (Å²) < 4.78 is 0. The van der Waals surface area contributed by atoms with E-state index in [4.69, 9.17) is 0 Å². The lowest BCUT2D eigenvalue weighted by molar-refractivity contribution is 0.279. The molecule has 128 valence electrons. The van der Waals surface area contributed by atoms with E-state index in [0.29, 0.717) is 0 Å². The summed E-state index contributed by atoms with van der Waals surface area (Å²) in [6.07, 6.45) is 2.59. The lowest BCUT2D eigenvalue weighted by Crippen LogP contribution is -2.29. The Morgan fingerprint density at radius 1 is 0.600 bits per heavy atom. The molecule has 0 radical (unpaired) electrons. The Kier molecular flexibility index (Phi) is 5.52. The van der Waals surface area contributed by atoms with Crippen molar-refractivity contribution in [2.45, 2.75) is 24.7 Å². The average Bonchev–Trinajstić information content (AvgIpc) is 2.68. The highest BCUT2D eigenvalue weighted by Gasteiger charge is 2.35. The zero-order chi connectivity index (χ0) is 17.5. The van der Waals surface area contributed by atoms with Gasteiger partial charge < -0.3 is 10.2 Å². The Labute approximate surface area is 149 Å². The van der Waals surface area contributed by atoms with E-state index in [-0.39, 0.29) is 17.8 Å². The molecule has 0 heterocycles. The van der Waals surface area contributed by atoms with Crippen LogP contribution in [0.4, 0.5) is 0 Å². The predicted molar refractivity (Wildman–Crippen MR) is 102 cm³/mol. The van der Waals surface area contributed by atoms with Crippen LogP contribution < -0.4 is 0 Å². The van der Waals surface area contributed by atoms with Gasteiger partial charge in [-0.15, -0.1) is 0 Å². The first-order chi connectivity index (χ1) is 12.3. The van der Waals surface area contributed by atoms with Crippen molar-refractivity contribution in [3.63, 3.8) is 0 Å². The number of phenolic OH excluding ortho intramolecular Hbond substituents is 1. The molecule has 2 nitrogen and oxygen atoms in total. The van der Waals surface area contributed by atoms with E-state index < -0.39 is 0 Å². The van der Waals surface area contributed by atoms with Gasteiger partial charge in [-0.05, 0) is 48.1 Å². The SMILES string of the molecule is OCCCCC(c1ccccc1)(c1ccccc1)c1ccc(O)cc1. The van der Waals surface area contributed by atoms with Crippen LogP contribution in [0.3, 0.4) is 0 Å². The average molecular weight is 332 g/mol. The smallest absolute Gasteiger partial charge is 0.115 e. The van der Waals surface area contributed by atoms with E-state index in [9.17, 15) is 10.2 Å². The van der Waals surface area contributed by atoms with Crippen molar-refractivity contribution >= 4 is 0 Å². The second-order valence-electron chi connectivity index (χ2n) is 6.36. The number of hydrogen-bond acceptors (Lipinski definition) is 2. The lowest BCUT2D eigenvalue weighted by atomic mass is 9.66. The maximum Gasteiger partial charge on any atom is 0.115 e. The fraction of sp³-hybridized carbons (Fsp3) is 0.217. The number of phenols is 1. The molecule has 0 aliphatic carbocycles. The van der Waals surface area contributed by atoms with Gasteiger partial charge in [0.1, 0.15) is 5.75 Å². The number of hydrogen-bond donors (Lipinski definition) is 2. The van der Waals surface area contributed by atoms with Gasteiger partial charge in [0.2, 0.25) is 0 Å². The number of rotatable bonds is 7. The minimum Gasteiger partial charge on any atom is -0.508 e. The zero-order valence-electron chi connectivity index (χ0n) is 14.3. The molecule has 0 fully saturated rings. The molecule has 0 amide bonds. The molecule has 0 saturated carbocycles. The normalized spacial score (nSPS) is 11.4. The second kappa shape index (κ2) is 8.00. The fourth-order valence-corrected chi connectivity index (χ4v) is 3.63. The molecule has 2 N–H and O–H groups in total. The summed E-state index contributed by atoms with van der Waals surface area (Å²) >= 11 is 0. The third kappa shape index (κ3) is 3.59. The van der Waals surface area contributed by atoms with Gasteiger partial charge in [-0.1, -0.05) is 72.8 Å². The summed E-state index contributed by atoms with van der Waals surface area (Å²) in [7, 11) is 0. The third-order valence-corrected chi connectivity index (χ3v) is 4.85. The van der Waals surface area contributed by atoms with E-state index in [2.05, 4.69) is 48.5 Å². The van der Waals surface area contributed by atoms with Crippen molar-refractivity contribution in [1.82, 2.24) is 0 Å². The first-order valence-corrected chi connectivity index (χ1v) is 8.79. The summed E-state index contributed by atoms with van der Waals surface area (Å²) in [6, 6.07) is 28.5. The molecule has 0 bridgehead atoms. The van der Waals surface area contributed by atoms with Crippen molar-refractivity contribution < 1.29 is 10.2 Å². The molecule has 0 spiro atoms. The van der Waals surface area contributed by atoms with Crippen LogP contribution in [0.1, 0.15) is 36.0 Å². The molecule has 25 heavy (non-hydrogen) atoms. The summed E-state index contributed by atoms with van der Waals surface area (Å²) in [4.78, 5) is 0. The molecule has 0 aromatic heterocycles. The van der Waals surface area contributed by atoms with Gasteiger partial charge >= 0.3 is 0 Å². The van der Waals surface area contributed by atoms with E-state index in [1.807, 2.05) is 24.3 Å². The van der Waals surface area contributed by atoms with Crippen molar-refractivity contribution in [2.75, 3.05) is 6.61 Å². The Hall–Kier alpha value is -2.58. The van der Waals surface area contributed by atoms with Gasteiger partial charge in [0, 0.05) is 12.0 Å². The van der Waals surface area contributed by atoms with Crippen LogP contribution in [-0.4, -0.2) is 16.8 Å². The monoisotopic (exact) mass is 332 g/mol. The molecular weight excluding hydrogens is 308 g/mol. The Morgan fingerprint density at radius 2 is 1.08 bits per heavy atom. The minimum absolute atomic E-state index is 0.204. The largest absolute Gasteiger partial charge is 0.508 e. The van der Waals surface area contributed by atoms with E-state index >= 15 is 0 Å². The molecule has 0 atom stereocenters. The molecule has 0 aliphatic rings. The van der Waals surface area contributed by atoms with E-state index in [1.54, 1.807) is 12.1 Å². The maximum absolute atomic E-state index is 9.74. The summed E-state index contributed by atoms with van der Waals surface area (Å²) in [5, 5.41) is 19.0. The van der Waals surface area contributed by atoms with E-state index in [1.165, 1.54) is 11.1 Å². The van der Waals surface area contributed by atoms with Crippen LogP contribution >= 0.6 is 0 Å². The lowest BCUT2D eigenvalue weighted by Gasteiger charge is -2.36. The molecule has 0 saturated heterocycles. The molecule has 2 heteroatoms. The van der Waals surface area contributed by atoms with Crippen LogP contribution in [0, 0.1) is 0 Å². The van der Waals surface area contributed by atoms with Gasteiger partial charge in [0.25, 0.3) is 0 Å². The predicted octanol–water partition coefficient (Wildman–Crippen LogP) is 4.89. The molecule has 3 aromatic rings.